The van der Waals surface area contributed by atoms with Gasteiger partial charge in [-0.2, -0.15) is 0 Å². The number of hydrogen-bond acceptors (Lipinski definition) is 3. The maximum absolute atomic E-state index is 9.12. The highest BCUT2D eigenvalue weighted by Gasteiger charge is 1.68. The minimum Gasteiger partial charge on any atom is -0.549 e. The Labute approximate surface area is 58.2 Å². The SMILES string of the molecule is O=C([O-])CCl.[NH3+]CCO. The molecule has 0 fully saturated rings. The van der Waals surface area contributed by atoms with Crippen molar-refractivity contribution in [2.45, 2.75) is 0 Å². The van der Waals surface area contributed by atoms with Gasteiger partial charge in [0.2, 0.25) is 0 Å². The van der Waals surface area contributed by atoms with Crippen LogP contribution in [0.4, 0.5) is 0 Å². The van der Waals surface area contributed by atoms with Gasteiger partial charge in [-0.1, -0.05) is 0 Å². The van der Waals surface area contributed by atoms with Gasteiger partial charge < -0.3 is 20.7 Å². The largest absolute Gasteiger partial charge is 0.549 e. The second-order valence-electron chi connectivity index (χ2n) is 1.08. The van der Waals surface area contributed by atoms with E-state index in [0.29, 0.717) is 6.54 Å². The van der Waals surface area contributed by atoms with Crippen LogP contribution in [0.25, 0.3) is 0 Å². The van der Waals surface area contributed by atoms with E-state index in [1.807, 2.05) is 0 Å². The van der Waals surface area contributed by atoms with Crippen molar-refractivity contribution in [3.8, 4) is 0 Å². The molecular weight excluding hydrogens is 146 g/mol. The molecule has 0 aromatic rings. The molecule has 5 heteroatoms. The third-order valence-electron chi connectivity index (χ3n) is 0.267. The van der Waals surface area contributed by atoms with Gasteiger partial charge in [-0.3, -0.25) is 0 Å². The summed E-state index contributed by atoms with van der Waals surface area (Å²) in [4.78, 5) is 9.12. The van der Waals surface area contributed by atoms with Crippen molar-refractivity contribution in [3.63, 3.8) is 0 Å². The van der Waals surface area contributed by atoms with Crippen molar-refractivity contribution < 1.29 is 20.7 Å². The second kappa shape index (κ2) is 10.6. The zero-order valence-electron chi connectivity index (χ0n) is 4.97. The number of halogens is 1. The number of aliphatic hydroxyl groups is 1. The molecule has 0 rings (SSSR count). The average Bonchev–Trinajstić information content (AvgIpc) is 1.89. The molecule has 0 aromatic heterocycles. The zero-order valence-corrected chi connectivity index (χ0v) is 5.73. The quantitative estimate of drug-likeness (QED) is 0.422. The molecule has 0 bridgehead atoms. The molecule has 4 N–H and O–H groups in total. The summed E-state index contributed by atoms with van der Waals surface area (Å²) in [6.45, 7) is 0.833. The molecule has 0 radical (unpaired) electrons. The van der Waals surface area contributed by atoms with Crippen molar-refractivity contribution in [1.82, 2.24) is 0 Å². The van der Waals surface area contributed by atoms with Crippen molar-refractivity contribution >= 4 is 17.6 Å². The van der Waals surface area contributed by atoms with Crippen LogP contribution in [0.1, 0.15) is 0 Å². The molecular formula is C4H10ClNO3. The Morgan fingerprint density at radius 1 is 1.78 bits per heavy atom. The Balaban J connectivity index is 0. The Bertz CT molecular complexity index is 66.8. The number of alkyl halides is 1. The molecule has 0 heterocycles. The van der Waals surface area contributed by atoms with Crippen molar-refractivity contribution in [2.75, 3.05) is 19.0 Å². The van der Waals surface area contributed by atoms with Gasteiger partial charge in [0.1, 0.15) is 0 Å². The number of aliphatic hydroxyl groups excluding tert-OH is 1. The Kier molecular flexibility index (Phi) is 13.5. The minimum atomic E-state index is -1.23. The average molecular weight is 156 g/mol. The smallest absolute Gasteiger partial charge is 0.0974 e. The fourth-order valence-electron chi connectivity index (χ4n) is 0. The molecule has 0 unspecified atom stereocenters. The predicted molar refractivity (Wildman–Crippen MR) is 30.6 cm³/mol. The monoisotopic (exact) mass is 155 g/mol. The third-order valence-corrected chi connectivity index (χ3v) is 0.485. The van der Waals surface area contributed by atoms with Gasteiger partial charge in [-0.05, 0) is 0 Å². The first-order valence-electron chi connectivity index (χ1n) is 2.35. The van der Waals surface area contributed by atoms with Crippen molar-refractivity contribution in [1.29, 1.82) is 0 Å². The van der Waals surface area contributed by atoms with E-state index in [-0.39, 0.29) is 6.61 Å². The summed E-state index contributed by atoms with van der Waals surface area (Å²) < 4.78 is 0. The Hall–Kier alpha value is -0.320. The minimum absolute atomic E-state index is 0.208. The van der Waals surface area contributed by atoms with Gasteiger partial charge in [0.25, 0.3) is 0 Å². The number of carboxylic acid groups (broad SMARTS) is 1. The number of aliphatic carboxylic acids is 1. The zero-order chi connectivity index (χ0) is 7.70. The van der Waals surface area contributed by atoms with Gasteiger partial charge in [0, 0.05) is 0 Å². The summed E-state index contributed by atoms with van der Waals surface area (Å²) in [5, 5.41) is 16.9. The molecule has 0 spiro atoms. The first-order valence-corrected chi connectivity index (χ1v) is 2.88. The lowest BCUT2D eigenvalue weighted by Crippen LogP contribution is -2.51. The van der Waals surface area contributed by atoms with Gasteiger partial charge in [-0.25, -0.2) is 0 Å². The van der Waals surface area contributed by atoms with Crippen LogP contribution in [-0.4, -0.2) is 30.1 Å². The van der Waals surface area contributed by atoms with Gasteiger partial charge >= 0.3 is 0 Å². The summed E-state index contributed by atoms with van der Waals surface area (Å²) in [6, 6.07) is 0. The number of carbonyl (C=O) groups is 1. The van der Waals surface area contributed by atoms with Gasteiger partial charge in [0.15, 0.2) is 0 Å². The number of carboxylic acids is 1. The maximum Gasteiger partial charge on any atom is 0.0974 e. The molecule has 56 valence electrons. The number of rotatable bonds is 2. The van der Waals surface area contributed by atoms with E-state index in [9.17, 15) is 0 Å². The Morgan fingerprint density at radius 2 is 2.00 bits per heavy atom. The fourth-order valence-corrected chi connectivity index (χ4v) is 0. The predicted octanol–water partition coefficient (Wildman–Crippen LogP) is -2.80. The fraction of sp³-hybridized carbons (Fsp3) is 0.750. The molecule has 0 aromatic carbocycles. The standard InChI is InChI=1S/C2H3ClO2.C2H7NO/c3-1-2(4)5;3-1-2-4/h1H2,(H,4,5);4H,1-3H2. The molecule has 0 saturated heterocycles. The molecule has 0 aliphatic carbocycles. The highest BCUT2D eigenvalue weighted by Crippen LogP contribution is 1.63. The van der Waals surface area contributed by atoms with Gasteiger partial charge in [-0.15, -0.1) is 11.6 Å². The summed E-state index contributed by atoms with van der Waals surface area (Å²) in [6.07, 6.45) is 0. The van der Waals surface area contributed by atoms with Crippen LogP contribution in [0.2, 0.25) is 0 Å². The van der Waals surface area contributed by atoms with E-state index < -0.39 is 11.8 Å². The normalized spacial score (nSPS) is 7.44. The molecule has 4 nitrogen and oxygen atoms in total. The van der Waals surface area contributed by atoms with E-state index in [1.54, 1.807) is 0 Å². The van der Waals surface area contributed by atoms with Crippen LogP contribution in [0.5, 0.6) is 0 Å². The third kappa shape index (κ3) is 34.5. The van der Waals surface area contributed by atoms with E-state index in [0.717, 1.165) is 0 Å². The van der Waals surface area contributed by atoms with Gasteiger partial charge in [0.05, 0.1) is 25.0 Å². The van der Waals surface area contributed by atoms with E-state index in [1.165, 1.54) is 0 Å². The van der Waals surface area contributed by atoms with E-state index in [2.05, 4.69) is 17.3 Å². The molecule has 0 aliphatic rings. The lowest BCUT2D eigenvalue weighted by atomic mass is 10.8. The van der Waals surface area contributed by atoms with Crippen LogP contribution in [0.15, 0.2) is 0 Å². The summed E-state index contributed by atoms with van der Waals surface area (Å²) in [5.41, 5.74) is 3.35. The topological polar surface area (TPSA) is 88.0 Å². The first kappa shape index (κ1) is 11.5. The van der Waals surface area contributed by atoms with Crippen LogP contribution < -0.4 is 10.8 Å². The molecule has 0 amide bonds. The van der Waals surface area contributed by atoms with Crippen molar-refractivity contribution in [2.24, 2.45) is 0 Å². The number of hydrogen-bond donors (Lipinski definition) is 2. The van der Waals surface area contributed by atoms with Crippen LogP contribution in [0.3, 0.4) is 0 Å². The molecule has 0 atom stereocenters. The lowest BCUT2D eigenvalue weighted by molar-refractivity contribution is -0.372. The summed E-state index contributed by atoms with van der Waals surface area (Å²) >= 11 is 4.67. The van der Waals surface area contributed by atoms with E-state index in [4.69, 9.17) is 15.0 Å². The molecule has 0 aliphatic heterocycles. The summed E-state index contributed by atoms with van der Waals surface area (Å²) in [5.74, 6) is -1.65. The number of quaternary nitrogens is 1. The lowest BCUT2D eigenvalue weighted by Gasteiger charge is -1.85. The maximum atomic E-state index is 9.12. The van der Waals surface area contributed by atoms with Crippen LogP contribution in [-0.2, 0) is 4.79 Å². The van der Waals surface area contributed by atoms with Crippen molar-refractivity contribution in [3.05, 3.63) is 0 Å². The highest BCUT2D eigenvalue weighted by atomic mass is 35.5. The van der Waals surface area contributed by atoms with E-state index >= 15 is 0 Å². The second-order valence-corrected chi connectivity index (χ2v) is 1.35. The molecule has 9 heavy (non-hydrogen) atoms. The number of carbonyl (C=O) groups excluding carboxylic acids is 1. The van der Waals surface area contributed by atoms with Crippen LogP contribution in [0, 0.1) is 0 Å². The summed E-state index contributed by atoms with van der Waals surface area (Å²) in [7, 11) is 0. The van der Waals surface area contributed by atoms with Crippen LogP contribution >= 0.6 is 11.6 Å². The molecule has 0 saturated carbocycles. The Morgan fingerprint density at radius 3 is 2.00 bits per heavy atom. The highest BCUT2D eigenvalue weighted by molar-refractivity contribution is 6.25. The first-order chi connectivity index (χ1) is 4.18.